The summed E-state index contributed by atoms with van der Waals surface area (Å²) in [5, 5.41) is 0. The number of hydrogen-bond acceptors (Lipinski definition) is 0. The molecule has 222 valence electrons. The van der Waals surface area contributed by atoms with Crippen LogP contribution in [-0.4, -0.2) is 4.57 Å². The average molecular weight is 538 g/mol. The molecule has 0 amide bonds. The molecule has 0 saturated heterocycles. The van der Waals surface area contributed by atoms with E-state index in [0.29, 0.717) is 0 Å². The number of unbranched alkanes of at least 4 members (excludes halogenated alkanes) is 22. The molecule has 39 heavy (non-hydrogen) atoms. The third-order valence-electron chi connectivity index (χ3n) is 8.55. The standard InChI is InChI=1S/C37H65N2/c1-3-5-7-9-11-13-14-15-16-17-18-20-22-24-29-33-38-34-35-39(36-30-26-25-27-31-36)37(38)32-28-23-21-19-12-10-8-6-4-2/h25-27,30-31,34-35H,3-24,28-29,32-33H2,1-2H3/q+1. The summed E-state index contributed by atoms with van der Waals surface area (Å²) in [4.78, 5) is 0. The van der Waals surface area contributed by atoms with Gasteiger partial charge in [-0.25, -0.2) is 4.57 Å². The van der Waals surface area contributed by atoms with Crippen molar-refractivity contribution in [1.82, 2.24) is 4.57 Å². The van der Waals surface area contributed by atoms with E-state index in [-0.39, 0.29) is 0 Å². The first-order valence-corrected chi connectivity index (χ1v) is 17.5. The Hall–Kier alpha value is -1.57. The third kappa shape index (κ3) is 16.3. The average Bonchev–Trinajstić information content (AvgIpc) is 3.37. The topological polar surface area (TPSA) is 8.81 Å². The zero-order valence-corrected chi connectivity index (χ0v) is 26.3. The quantitative estimate of drug-likeness (QED) is 0.0791. The summed E-state index contributed by atoms with van der Waals surface area (Å²) in [6.45, 7) is 5.78. The van der Waals surface area contributed by atoms with Crippen molar-refractivity contribution in [2.45, 2.75) is 181 Å². The van der Waals surface area contributed by atoms with Crippen molar-refractivity contribution in [3.05, 3.63) is 48.5 Å². The van der Waals surface area contributed by atoms with Gasteiger partial charge in [-0.05, 0) is 31.4 Å². The maximum absolute atomic E-state index is 2.56. The summed E-state index contributed by atoms with van der Waals surface area (Å²) in [7, 11) is 0. The molecule has 2 aromatic rings. The Kier molecular flexibility index (Phi) is 20.9. The molecular weight excluding hydrogens is 472 g/mol. The van der Waals surface area contributed by atoms with Gasteiger partial charge >= 0.3 is 0 Å². The maximum atomic E-state index is 2.56. The predicted octanol–water partition coefficient (Wildman–Crippen LogP) is 11.7. The number of benzene rings is 1. The summed E-state index contributed by atoms with van der Waals surface area (Å²) in [5.74, 6) is 1.49. The van der Waals surface area contributed by atoms with Crippen LogP contribution in [0.1, 0.15) is 174 Å². The van der Waals surface area contributed by atoms with E-state index in [1.54, 1.807) is 0 Å². The molecule has 0 aliphatic heterocycles. The van der Waals surface area contributed by atoms with Gasteiger partial charge < -0.3 is 0 Å². The highest BCUT2D eigenvalue weighted by atomic mass is 15.1. The molecular formula is C37H65N2+. The maximum Gasteiger partial charge on any atom is 0.261 e. The Morgan fingerprint density at radius 2 is 0.897 bits per heavy atom. The van der Waals surface area contributed by atoms with Gasteiger partial charge in [0.05, 0.1) is 6.54 Å². The number of hydrogen-bond donors (Lipinski definition) is 0. The summed E-state index contributed by atoms with van der Waals surface area (Å²) in [5.41, 5.74) is 1.30. The molecule has 2 heteroatoms. The lowest BCUT2D eigenvalue weighted by Gasteiger charge is -2.07. The molecule has 1 aromatic carbocycles. The van der Waals surface area contributed by atoms with E-state index >= 15 is 0 Å². The van der Waals surface area contributed by atoms with Crippen LogP contribution in [-0.2, 0) is 13.0 Å². The second-order valence-electron chi connectivity index (χ2n) is 12.1. The molecule has 0 radical (unpaired) electrons. The number of para-hydroxylation sites is 1. The van der Waals surface area contributed by atoms with Gasteiger partial charge in [-0.15, -0.1) is 0 Å². The number of aromatic nitrogens is 2. The van der Waals surface area contributed by atoms with Crippen LogP contribution in [0.2, 0.25) is 0 Å². The van der Waals surface area contributed by atoms with Crippen molar-refractivity contribution in [2.75, 3.05) is 0 Å². The van der Waals surface area contributed by atoms with Crippen LogP contribution in [0.5, 0.6) is 0 Å². The van der Waals surface area contributed by atoms with E-state index in [1.807, 2.05) is 0 Å². The van der Waals surface area contributed by atoms with Crippen molar-refractivity contribution in [3.8, 4) is 5.69 Å². The highest BCUT2D eigenvalue weighted by molar-refractivity contribution is 5.31. The fourth-order valence-electron chi connectivity index (χ4n) is 6.00. The zero-order chi connectivity index (χ0) is 27.6. The lowest BCUT2D eigenvalue weighted by molar-refractivity contribution is -0.704. The smallest absolute Gasteiger partial charge is 0.234 e. The molecule has 0 aliphatic carbocycles. The van der Waals surface area contributed by atoms with Gasteiger partial charge in [0.15, 0.2) is 0 Å². The molecule has 2 rings (SSSR count). The van der Waals surface area contributed by atoms with Gasteiger partial charge in [0.25, 0.3) is 5.82 Å². The van der Waals surface area contributed by atoms with Gasteiger partial charge in [0, 0.05) is 6.42 Å². The second-order valence-corrected chi connectivity index (χ2v) is 12.1. The van der Waals surface area contributed by atoms with Crippen LogP contribution in [0.3, 0.4) is 0 Å². The van der Waals surface area contributed by atoms with Crippen LogP contribution in [0.4, 0.5) is 0 Å². The van der Waals surface area contributed by atoms with Gasteiger partial charge in [-0.1, -0.05) is 167 Å². The molecule has 0 fully saturated rings. The highest BCUT2D eigenvalue weighted by Crippen LogP contribution is 2.16. The number of imidazole rings is 1. The number of aryl methyl sites for hydroxylation is 1. The van der Waals surface area contributed by atoms with Crippen LogP contribution < -0.4 is 4.57 Å². The van der Waals surface area contributed by atoms with Crippen molar-refractivity contribution >= 4 is 0 Å². The highest BCUT2D eigenvalue weighted by Gasteiger charge is 2.18. The van der Waals surface area contributed by atoms with E-state index in [1.165, 1.54) is 179 Å². The molecule has 0 unspecified atom stereocenters. The molecule has 0 saturated carbocycles. The minimum absolute atomic E-state index is 1.17. The fraction of sp³-hybridized carbons (Fsp3) is 0.757. The molecule has 1 heterocycles. The first-order chi connectivity index (χ1) is 19.4. The van der Waals surface area contributed by atoms with Crippen molar-refractivity contribution < 1.29 is 4.57 Å². The minimum Gasteiger partial charge on any atom is -0.234 e. The Labute approximate surface area is 244 Å². The van der Waals surface area contributed by atoms with Gasteiger partial charge in [0.2, 0.25) is 0 Å². The lowest BCUT2D eigenvalue weighted by Crippen LogP contribution is -2.37. The largest absolute Gasteiger partial charge is 0.261 e. The second kappa shape index (κ2) is 24.2. The monoisotopic (exact) mass is 538 g/mol. The first-order valence-electron chi connectivity index (χ1n) is 17.5. The molecule has 0 N–H and O–H groups in total. The van der Waals surface area contributed by atoms with Crippen molar-refractivity contribution in [2.24, 2.45) is 0 Å². The summed E-state index contributed by atoms with van der Waals surface area (Å²) in [6, 6.07) is 10.9. The number of nitrogens with zero attached hydrogens (tertiary/aromatic N) is 2. The Balaban J connectivity index is 1.60. The zero-order valence-electron chi connectivity index (χ0n) is 26.3. The van der Waals surface area contributed by atoms with E-state index in [4.69, 9.17) is 0 Å². The minimum atomic E-state index is 1.17. The molecule has 0 atom stereocenters. The molecule has 2 nitrogen and oxygen atoms in total. The van der Waals surface area contributed by atoms with Gasteiger partial charge in [-0.2, -0.15) is 4.57 Å². The molecule has 1 aromatic heterocycles. The fourth-order valence-corrected chi connectivity index (χ4v) is 6.00. The van der Waals surface area contributed by atoms with E-state index in [0.717, 1.165) is 0 Å². The summed E-state index contributed by atoms with van der Waals surface area (Å²) >= 11 is 0. The predicted molar refractivity (Wildman–Crippen MR) is 172 cm³/mol. The van der Waals surface area contributed by atoms with Gasteiger partial charge in [-0.3, -0.25) is 0 Å². The van der Waals surface area contributed by atoms with Crippen molar-refractivity contribution in [3.63, 3.8) is 0 Å². The number of rotatable bonds is 27. The third-order valence-corrected chi connectivity index (χ3v) is 8.55. The van der Waals surface area contributed by atoms with Crippen molar-refractivity contribution in [1.29, 1.82) is 0 Å². The Bertz CT molecular complexity index is 778. The summed E-state index contributed by atoms with van der Waals surface area (Å²) in [6.07, 6.45) is 39.8. The molecule has 0 bridgehead atoms. The first kappa shape index (κ1) is 33.6. The molecule has 0 spiro atoms. The SMILES string of the molecule is CCCCCCCCCCCCCCCCC[n+]1ccn(-c2ccccc2)c1CCCCCCCCCCC. The van der Waals surface area contributed by atoms with Gasteiger partial charge in [0.1, 0.15) is 18.1 Å². The summed E-state index contributed by atoms with van der Waals surface area (Å²) < 4.78 is 5.00. The van der Waals surface area contributed by atoms with Crippen LogP contribution in [0.25, 0.3) is 5.69 Å². The van der Waals surface area contributed by atoms with Crippen LogP contribution >= 0.6 is 0 Å². The van der Waals surface area contributed by atoms with E-state index < -0.39 is 0 Å². The van der Waals surface area contributed by atoms with Crippen LogP contribution in [0, 0.1) is 0 Å². The van der Waals surface area contributed by atoms with E-state index in [2.05, 4.69) is 65.7 Å². The lowest BCUT2D eigenvalue weighted by atomic mass is 10.0. The molecule has 0 aliphatic rings. The normalized spacial score (nSPS) is 11.4. The van der Waals surface area contributed by atoms with E-state index in [9.17, 15) is 0 Å². The van der Waals surface area contributed by atoms with Crippen LogP contribution in [0.15, 0.2) is 42.7 Å². The Morgan fingerprint density at radius 1 is 0.487 bits per heavy atom. The Morgan fingerprint density at radius 3 is 1.36 bits per heavy atom.